The van der Waals surface area contributed by atoms with Crippen molar-refractivity contribution in [1.82, 2.24) is 10.2 Å². The molecule has 8 nitrogen and oxygen atoms in total. The number of carbonyl (C=O) groups excluding carboxylic acids is 2. The highest BCUT2D eigenvalue weighted by atomic mass is 16.5. The summed E-state index contributed by atoms with van der Waals surface area (Å²) in [6.07, 6.45) is -0.446. The third-order valence-corrected chi connectivity index (χ3v) is 2.98. The molecule has 21 heavy (non-hydrogen) atoms. The zero-order chi connectivity index (χ0) is 16.4. The van der Waals surface area contributed by atoms with Crippen LogP contribution in [0.15, 0.2) is 0 Å². The topological polar surface area (TPSA) is 122 Å². The average Bonchev–Trinajstić information content (AvgIpc) is 2.22. The molecular weight excluding hydrogens is 278 g/mol. The lowest BCUT2D eigenvalue weighted by molar-refractivity contribution is -0.170. The first-order valence-corrected chi connectivity index (χ1v) is 6.69. The van der Waals surface area contributed by atoms with Crippen molar-refractivity contribution < 1.29 is 24.2 Å². The second-order valence-corrected chi connectivity index (χ2v) is 6.49. The molecule has 0 bridgehead atoms. The number of urea groups is 1. The van der Waals surface area contributed by atoms with Gasteiger partial charge in [-0.1, -0.05) is 0 Å². The number of hydrogen-bond acceptors (Lipinski definition) is 4. The molecule has 0 aromatic rings. The largest absolute Gasteiger partial charge is 0.480 e. The van der Waals surface area contributed by atoms with Gasteiger partial charge in [0, 0.05) is 0 Å². The van der Waals surface area contributed by atoms with Crippen LogP contribution in [-0.4, -0.2) is 58.2 Å². The Morgan fingerprint density at radius 1 is 1.24 bits per heavy atom. The third kappa shape index (κ3) is 5.22. The minimum absolute atomic E-state index is 0.325. The van der Waals surface area contributed by atoms with Crippen LogP contribution in [0.5, 0.6) is 0 Å². The van der Waals surface area contributed by atoms with Crippen LogP contribution in [0.4, 0.5) is 4.79 Å². The number of amides is 3. The van der Waals surface area contributed by atoms with Gasteiger partial charge in [-0.15, -0.1) is 0 Å². The molecule has 1 aliphatic heterocycles. The van der Waals surface area contributed by atoms with E-state index in [0.29, 0.717) is 13.1 Å². The fourth-order valence-electron chi connectivity index (χ4n) is 2.57. The lowest BCUT2D eigenvalue weighted by atomic mass is 9.99. The number of nitrogens with zero attached hydrogens (tertiary/aromatic N) is 1. The lowest BCUT2D eigenvalue weighted by Gasteiger charge is -2.47. The molecule has 1 saturated heterocycles. The minimum Gasteiger partial charge on any atom is -0.480 e. The summed E-state index contributed by atoms with van der Waals surface area (Å²) in [4.78, 5) is 35.6. The van der Waals surface area contributed by atoms with Gasteiger partial charge in [-0.05, 0) is 27.7 Å². The molecule has 120 valence electrons. The molecule has 3 amide bonds. The molecular formula is C13H23N3O5. The standard InChI is InChI=1S/C13H23N3O5/c1-12(2)6-16(7-13(3,4)21-12)11(20)15-8(10(18)19)5-9(14)17/h8H,5-7H2,1-4H3,(H2,14,17)(H,15,20)(H,18,19). The van der Waals surface area contributed by atoms with Crippen LogP contribution >= 0.6 is 0 Å². The number of nitrogens with two attached hydrogens (primary N) is 1. The van der Waals surface area contributed by atoms with Gasteiger partial charge in [0.2, 0.25) is 5.91 Å². The van der Waals surface area contributed by atoms with Crippen molar-refractivity contribution in [3.8, 4) is 0 Å². The SMILES string of the molecule is CC1(C)CN(C(=O)NC(CC(N)=O)C(=O)O)CC(C)(C)O1. The number of nitrogens with one attached hydrogen (secondary N) is 1. The molecule has 1 unspecified atom stereocenters. The predicted octanol–water partition coefficient (Wildman–Crippen LogP) is -0.0860. The van der Waals surface area contributed by atoms with E-state index >= 15 is 0 Å². The van der Waals surface area contributed by atoms with E-state index in [0.717, 1.165) is 0 Å². The van der Waals surface area contributed by atoms with Gasteiger partial charge in [0.15, 0.2) is 0 Å². The van der Waals surface area contributed by atoms with Crippen molar-refractivity contribution in [2.24, 2.45) is 5.73 Å². The molecule has 0 aliphatic carbocycles. The predicted molar refractivity (Wildman–Crippen MR) is 74.6 cm³/mol. The number of ether oxygens (including phenoxy) is 1. The zero-order valence-corrected chi connectivity index (χ0v) is 12.8. The van der Waals surface area contributed by atoms with E-state index in [1.54, 1.807) is 0 Å². The van der Waals surface area contributed by atoms with Crippen molar-refractivity contribution in [2.75, 3.05) is 13.1 Å². The van der Waals surface area contributed by atoms with Crippen molar-refractivity contribution >= 4 is 17.9 Å². The summed E-state index contributed by atoms with van der Waals surface area (Å²) < 4.78 is 5.85. The molecule has 1 heterocycles. The van der Waals surface area contributed by atoms with Crippen molar-refractivity contribution in [3.63, 3.8) is 0 Å². The molecule has 0 aromatic carbocycles. The Balaban J connectivity index is 2.77. The van der Waals surface area contributed by atoms with Crippen LogP contribution in [0.2, 0.25) is 0 Å². The summed E-state index contributed by atoms with van der Waals surface area (Å²) in [5, 5.41) is 11.3. The lowest BCUT2D eigenvalue weighted by Crippen LogP contribution is -2.61. The van der Waals surface area contributed by atoms with Crippen LogP contribution < -0.4 is 11.1 Å². The Labute approximate surface area is 123 Å². The molecule has 8 heteroatoms. The number of carbonyl (C=O) groups is 3. The van der Waals surface area contributed by atoms with Gasteiger partial charge < -0.3 is 25.8 Å². The van der Waals surface area contributed by atoms with Gasteiger partial charge in [0.1, 0.15) is 6.04 Å². The Morgan fingerprint density at radius 2 is 1.71 bits per heavy atom. The monoisotopic (exact) mass is 301 g/mol. The van der Waals surface area contributed by atoms with E-state index in [9.17, 15) is 14.4 Å². The van der Waals surface area contributed by atoms with Gasteiger partial charge in [0.25, 0.3) is 0 Å². The summed E-state index contributed by atoms with van der Waals surface area (Å²) >= 11 is 0. The maximum absolute atomic E-state index is 12.2. The molecule has 0 radical (unpaired) electrons. The van der Waals surface area contributed by atoms with Crippen LogP contribution in [0, 0.1) is 0 Å². The Hall–Kier alpha value is -1.83. The van der Waals surface area contributed by atoms with Gasteiger partial charge in [-0.2, -0.15) is 0 Å². The molecule has 0 saturated carbocycles. The first kappa shape index (κ1) is 17.2. The van der Waals surface area contributed by atoms with Crippen molar-refractivity contribution in [2.45, 2.75) is 51.4 Å². The van der Waals surface area contributed by atoms with E-state index < -0.39 is 41.6 Å². The Bertz CT molecular complexity index is 431. The van der Waals surface area contributed by atoms with Crippen LogP contribution in [0.3, 0.4) is 0 Å². The highest BCUT2D eigenvalue weighted by molar-refractivity contribution is 5.87. The number of carboxylic acid groups (broad SMARTS) is 1. The second kappa shape index (κ2) is 5.88. The molecule has 1 aliphatic rings. The van der Waals surface area contributed by atoms with E-state index in [-0.39, 0.29) is 0 Å². The van der Waals surface area contributed by atoms with E-state index in [4.69, 9.17) is 15.6 Å². The highest BCUT2D eigenvalue weighted by Gasteiger charge is 2.40. The van der Waals surface area contributed by atoms with Crippen LogP contribution in [0.25, 0.3) is 0 Å². The quantitative estimate of drug-likeness (QED) is 0.670. The summed E-state index contributed by atoms with van der Waals surface area (Å²) in [6, 6.07) is -1.88. The number of primary amides is 1. The smallest absolute Gasteiger partial charge is 0.326 e. The summed E-state index contributed by atoms with van der Waals surface area (Å²) in [5.74, 6) is -2.08. The first-order chi connectivity index (χ1) is 9.42. The first-order valence-electron chi connectivity index (χ1n) is 6.69. The van der Waals surface area contributed by atoms with Crippen molar-refractivity contribution in [1.29, 1.82) is 0 Å². The fraction of sp³-hybridized carbons (Fsp3) is 0.769. The Kier molecular flexibility index (Phi) is 4.83. The fourth-order valence-corrected chi connectivity index (χ4v) is 2.57. The van der Waals surface area contributed by atoms with Gasteiger partial charge in [0.05, 0.1) is 30.7 Å². The van der Waals surface area contributed by atoms with Crippen molar-refractivity contribution in [3.05, 3.63) is 0 Å². The van der Waals surface area contributed by atoms with E-state index in [1.807, 2.05) is 27.7 Å². The maximum Gasteiger partial charge on any atom is 0.326 e. The number of rotatable bonds is 4. The van der Waals surface area contributed by atoms with E-state index in [2.05, 4.69) is 5.32 Å². The number of hydrogen-bond donors (Lipinski definition) is 3. The third-order valence-electron chi connectivity index (χ3n) is 2.98. The molecule has 0 aromatic heterocycles. The van der Waals surface area contributed by atoms with Crippen LogP contribution in [-0.2, 0) is 14.3 Å². The summed E-state index contributed by atoms with van der Waals surface area (Å²) in [6.45, 7) is 8.06. The summed E-state index contributed by atoms with van der Waals surface area (Å²) in [5.41, 5.74) is 3.90. The van der Waals surface area contributed by atoms with Gasteiger partial charge in [-0.3, -0.25) is 4.79 Å². The number of morpholine rings is 1. The Morgan fingerprint density at radius 3 is 2.10 bits per heavy atom. The molecule has 1 rings (SSSR count). The highest BCUT2D eigenvalue weighted by Crippen LogP contribution is 2.27. The van der Waals surface area contributed by atoms with Crippen LogP contribution in [0.1, 0.15) is 34.1 Å². The maximum atomic E-state index is 12.2. The molecule has 4 N–H and O–H groups in total. The average molecular weight is 301 g/mol. The molecule has 1 fully saturated rings. The van der Waals surface area contributed by atoms with E-state index in [1.165, 1.54) is 4.90 Å². The molecule has 1 atom stereocenters. The van der Waals surface area contributed by atoms with Gasteiger partial charge >= 0.3 is 12.0 Å². The summed E-state index contributed by atoms with van der Waals surface area (Å²) in [7, 11) is 0. The molecule has 0 spiro atoms. The zero-order valence-electron chi connectivity index (χ0n) is 12.8. The van der Waals surface area contributed by atoms with Gasteiger partial charge in [-0.25, -0.2) is 9.59 Å². The second-order valence-electron chi connectivity index (χ2n) is 6.49. The normalized spacial score (nSPS) is 21.4. The minimum atomic E-state index is -1.33. The number of aliphatic carboxylic acids is 1. The number of carboxylic acids is 1.